The van der Waals surface area contributed by atoms with Gasteiger partial charge in [0.15, 0.2) is 0 Å². The van der Waals surface area contributed by atoms with Gasteiger partial charge in [-0.2, -0.15) is 5.26 Å². The summed E-state index contributed by atoms with van der Waals surface area (Å²) in [6.45, 7) is 6.54. The summed E-state index contributed by atoms with van der Waals surface area (Å²) in [7, 11) is 2.04. The topological polar surface area (TPSA) is 27.0 Å². The zero-order valence-electron chi connectivity index (χ0n) is 10.2. The van der Waals surface area contributed by atoms with Crippen LogP contribution < -0.4 is 4.90 Å². The van der Waals surface area contributed by atoms with E-state index in [-0.39, 0.29) is 0 Å². The highest BCUT2D eigenvalue weighted by atomic mass is 79.9. The van der Waals surface area contributed by atoms with E-state index in [1.807, 2.05) is 25.2 Å². The smallest absolute Gasteiger partial charge is 0.103 e. The minimum absolute atomic E-state index is 0.404. The molecule has 0 radical (unpaired) electrons. The Labute approximate surface area is 106 Å². The van der Waals surface area contributed by atoms with Crippen molar-refractivity contribution in [3.63, 3.8) is 0 Å². The molecule has 0 saturated carbocycles. The molecule has 0 aliphatic heterocycles. The van der Waals surface area contributed by atoms with Crippen molar-refractivity contribution in [1.82, 2.24) is 0 Å². The zero-order valence-corrected chi connectivity index (χ0v) is 11.7. The number of nitriles is 1. The average molecular weight is 281 g/mol. The van der Waals surface area contributed by atoms with Crippen molar-refractivity contribution in [2.45, 2.75) is 26.8 Å². The molecule has 1 rings (SSSR count). The van der Waals surface area contributed by atoms with Crippen molar-refractivity contribution in [3.05, 3.63) is 28.2 Å². The van der Waals surface area contributed by atoms with Crippen LogP contribution in [-0.4, -0.2) is 13.1 Å². The molecule has 86 valence electrons. The van der Waals surface area contributed by atoms with E-state index in [2.05, 4.69) is 47.7 Å². The SMILES string of the molecule is CC(C)C(C)N(C)c1cccc(Br)c1C#N. The van der Waals surface area contributed by atoms with Crippen LogP contribution in [0.3, 0.4) is 0 Å². The van der Waals surface area contributed by atoms with E-state index in [0.29, 0.717) is 17.5 Å². The van der Waals surface area contributed by atoms with Gasteiger partial charge in [0.25, 0.3) is 0 Å². The van der Waals surface area contributed by atoms with Crippen molar-refractivity contribution >= 4 is 21.6 Å². The van der Waals surface area contributed by atoms with Gasteiger partial charge in [-0.25, -0.2) is 0 Å². The second-order valence-corrected chi connectivity index (χ2v) is 5.20. The Kier molecular flexibility index (Phi) is 4.37. The second-order valence-electron chi connectivity index (χ2n) is 4.34. The van der Waals surface area contributed by atoms with Gasteiger partial charge in [0, 0.05) is 17.6 Å². The fourth-order valence-corrected chi connectivity index (χ4v) is 2.03. The van der Waals surface area contributed by atoms with Crippen LogP contribution in [-0.2, 0) is 0 Å². The lowest BCUT2D eigenvalue weighted by molar-refractivity contribution is 0.505. The van der Waals surface area contributed by atoms with E-state index in [4.69, 9.17) is 5.26 Å². The summed E-state index contributed by atoms with van der Waals surface area (Å²) in [6.07, 6.45) is 0. The number of halogens is 1. The van der Waals surface area contributed by atoms with Crippen LogP contribution in [0.4, 0.5) is 5.69 Å². The Morgan fingerprint density at radius 1 is 1.31 bits per heavy atom. The van der Waals surface area contributed by atoms with Gasteiger partial charge in [0.2, 0.25) is 0 Å². The lowest BCUT2D eigenvalue weighted by Crippen LogP contribution is -2.33. The summed E-state index contributed by atoms with van der Waals surface area (Å²) in [6, 6.07) is 8.50. The van der Waals surface area contributed by atoms with Gasteiger partial charge in [0.05, 0.1) is 11.3 Å². The number of hydrogen-bond donors (Lipinski definition) is 0. The Bertz CT molecular complexity index is 407. The Morgan fingerprint density at radius 2 is 1.94 bits per heavy atom. The number of hydrogen-bond acceptors (Lipinski definition) is 2. The van der Waals surface area contributed by atoms with Crippen LogP contribution in [0.2, 0.25) is 0 Å². The molecule has 1 atom stereocenters. The van der Waals surface area contributed by atoms with Gasteiger partial charge in [0.1, 0.15) is 6.07 Å². The van der Waals surface area contributed by atoms with Crippen LogP contribution in [0.5, 0.6) is 0 Å². The summed E-state index contributed by atoms with van der Waals surface area (Å²) in [5.41, 5.74) is 1.69. The fourth-order valence-electron chi connectivity index (χ4n) is 1.58. The predicted molar refractivity (Wildman–Crippen MR) is 71.6 cm³/mol. The molecular formula is C13H17BrN2. The van der Waals surface area contributed by atoms with Crippen LogP contribution in [0.1, 0.15) is 26.3 Å². The molecule has 0 N–H and O–H groups in total. The maximum atomic E-state index is 9.16. The molecule has 0 aliphatic carbocycles. The Hall–Kier alpha value is -1.01. The van der Waals surface area contributed by atoms with Crippen molar-refractivity contribution in [3.8, 4) is 6.07 Å². The summed E-state index contributed by atoms with van der Waals surface area (Å²) in [4.78, 5) is 2.16. The molecule has 0 spiro atoms. The third kappa shape index (κ3) is 2.56. The van der Waals surface area contributed by atoms with Crippen LogP contribution in [0.15, 0.2) is 22.7 Å². The molecule has 0 bridgehead atoms. The van der Waals surface area contributed by atoms with Gasteiger partial charge in [-0.15, -0.1) is 0 Å². The normalized spacial score (nSPS) is 12.3. The summed E-state index contributed by atoms with van der Waals surface area (Å²) < 4.78 is 0.857. The monoisotopic (exact) mass is 280 g/mol. The van der Waals surface area contributed by atoms with Crippen molar-refractivity contribution < 1.29 is 0 Å². The first-order chi connectivity index (χ1) is 7.49. The highest BCUT2D eigenvalue weighted by molar-refractivity contribution is 9.10. The number of nitrogens with zero attached hydrogens (tertiary/aromatic N) is 2. The predicted octanol–water partition coefficient (Wildman–Crippen LogP) is 3.80. The largest absolute Gasteiger partial charge is 0.371 e. The Balaban J connectivity index is 3.14. The molecule has 1 unspecified atom stereocenters. The van der Waals surface area contributed by atoms with E-state index in [1.165, 1.54) is 0 Å². The summed E-state index contributed by atoms with van der Waals surface area (Å²) >= 11 is 3.41. The average Bonchev–Trinajstić information content (AvgIpc) is 2.26. The zero-order chi connectivity index (χ0) is 12.3. The van der Waals surface area contributed by atoms with Crippen molar-refractivity contribution in [1.29, 1.82) is 5.26 Å². The lowest BCUT2D eigenvalue weighted by Gasteiger charge is -2.30. The maximum absolute atomic E-state index is 9.16. The van der Waals surface area contributed by atoms with Crippen molar-refractivity contribution in [2.24, 2.45) is 5.92 Å². The standard InChI is InChI=1S/C13H17BrN2/c1-9(2)10(3)16(4)13-7-5-6-12(14)11(13)8-15/h5-7,9-10H,1-4H3. The van der Waals surface area contributed by atoms with Gasteiger partial charge in [-0.1, -0.05) is 19.9 Å². The van der Waals surface area contributed by atoms with E-state index in [0.717, 1.165) is 10.2 Å². The third-order valence-corrected chi connectivity index (χ3v) is 3.72. The lowest BCUT2D eigenvalue weighted by atomic mass is 10.0. The highest BCUT2D eigenvalue weighted by Crippen LogP contribution is 2.28. The van der Waals surface area contributed by atoms with Gasteiger partial charge in [-0.3, -0.25) is 0 Å². The van der Waals surface area contributed by atoms with E-state index in [9.17, 15) is 0 Å². The molecule has 0 aromatic heterocycles. The highest BCUT2D eigenvalue weighted by Gasteiger charge is 2.17. The maximum Gasteiger partial charge on any atom is 0.103 e. The van der Waals surface area contributed by atoms with E-state index < -0.39 is 0 Å². The quantitative estimate of drug-likeness (QED) is 0.842. The molecule has 0 heterocycles. The number of benzene rings is 1. The molecule has 1 aromatic rings. The van der Waals surface area contributed by atoms with Gasteiger partial charge >= 0.3 is 0 Å². The molecule has 0 aliphatic rings. The first-order valence-electron chi connectivity index (χ1n) is 5.40. The van der Waals surface area contributed by atoms with Crippen LogP contribution >= 0.6 is 15.9 Å². The first kappa shape index (κ1) is 13.1. The number of rotatable bonds is 3. The molecule has 2 nitrogen and oxygen atoms in total. The van der Waals surface area contributed by atoms with E-state index >= 15 is 0 Å². The van der Waals surface area contributed by atoms with Crippen LogP contribution in [0.25, 0.3) is 0 Å². The molecule has 0 fully saturated rings. The molecule has 1 aromatic carbocycles. The molecule has 0 amide bonds. The molecule has 0 saturated heterocycles. The molecule has 16 heavy (non-hydrogen) atoms. The summed E-state index contributed by atoms with van der Waals surface area (Å²) in [5.74, 6) is 0.551. The third-order valence-electron chi connectivity index (χ3n) is 3.06. The Morgan fingerprint density at radius 3 is 2.44 bits per heavy atom. The summed E-state index contributed by atoms with van der Waals surface area (Å²) in [5, 5.41) is 9.16. The van der Waals surface area contributed by atoms with E-state index in [1.54, 1.807) is 0 Å². The van der Waals surface area contributed by atoms with Gasteiger partial charge < -0.3 is 4.90 Å². The number of anilines is 1. The molecule has 3 heteroatoms. The second kappa shape index (κ2) is 5.36. The minimum Gasteiger partial charge on any atom is -0.371 e. The first-order valence-corrected chi connectivity index (χ1v) is 6.19. The minimum atomic E-state index is 0.404. The molecular weight excluding hydrogens is 264 g/mol. The fraction of sp³-hybridized carbons (Fsp3) is 0.462. The van der Waals surface area contributed by atoms with Crippen molar-refractivity contribution in [2.75, 3.05) is 11.9 Å². The van der Waals surface area contributed by atoms with Gasteiger partial charge in [-0.05, 0) is 40.9 Å². The van der Waals surface area contributed by atoms with Crippen LogP contribution in [0, 0.1) is 17.2 Å².